The van der Waals surface area contributed by atoms with E-state index in [4.69, 9.17) is 5.73 Å². The number of aryl methyl sites for hydroxylation is 1. The maximum absolute atomic E-state index is 10.9. The average Bonchev–Trinajstić information content (AvgIpc) is 2.04. The van der Waals surface area contributed by atoms with Crippen LogP contribution < -0.4 is 5.73 Å². The van der Waals surface area contributed by atoms with Gasteiger partial charge >= 0.3 is 0 Å². The van der Waals surface area contributed by atoms with Crippen LogP contribution >= 0.6 is 0 Å². The molecule has 3 heteroatoms. The summed E-state index contributed by atoms with van der Waals surface area (Å²) in [5.74, 6) is 0.0162. The molecule has 0 heterocycles. The fourth-order valence-corrected chi connectivity index (χ4v) is 1.00. The van der Waals surface area contributed by atoms with Crippen LogP contribution in [0.15, 0.2) is 18.2 Å². The highest BCUT2D eigenvalue weighted by molar-refractivity contribution is 5.99. The molecule has 3 nitrogen and oxygen atoms in total. The lowest BCUT2D eigenvalue weighted by molar-refractivity contribution is 0.101. The first kappa shape index (κ1) is 12.7. The van der Waals surface area contributed by atoms with Gasteiger partial charge in [0.2, 0.25) is 0 Å². The van der Waals surface area contributed by atoms with Gasteiger partial charge in [0.15, 0.2) is 5.78 Å². The third kappa shape index (κ3) is 4.05. The molecule has 1 aromatic rings. The van der Waals surface area contributed by atoms with Crippen LogP contribution in [0.1, 0.15) is 22.8 Å². The summed E-state index contributed by atoms with van der Waals surface area (Å²) in [6.45, 7) is 3.46. The molecule has 0 spiro atoms. The van der Waals surface area contributed by atoms with Gasteiger partial charge in [-0.25, -0.2) is 0 Å². The number of ketones is 1. The zero-order chi connectivity index (χ0) is 11.1. The quantitative estimate of drug-likeness (QED) is 0.551. The van der Waals surface area contributed by atoms with E-state index in [0.29, 0.717) is 11.3 Å². The Morgan fingerprint density at radius 3 is 2.21 bits per heavy atom. The first-order valence-electron chi connectivity index (χ1n) is 4.30. The number of nitrogens with two attached hydrogens (primary N) is 1. The SMILES string of the molecule is CC(=O)c1ccc(C)cc1N.COC. The number of carbonyl (C=O) groups is 1. The van der Waals surface area contributed by atoms with Gasteiger partial charge in [-0.3, -0.25) is 4.79 Å². The number of Topliss-reactive ketones (excluding diaryl/α,β-unsaturated/α-hetero) is 1. The minimum atomic E-state index is 0.0162. The molecule has 1 rings (SSSR count). The maximum Gasteiger partial charge on any atom is 0.161 e. The van der Waals surface area contributed by atoms with Gasteiger partial charge in [0.25, 0.3) is 0 Å². The molecule has 0 aliphatic heterocycles. The van der Waals surface area contributed by atoms with Crippen molar-refractivity contribution in [3.05, 3.63) is 29.3 Å². The molecular formula is C11H17NO2. The summed E-state index contributed by atoms with van der Waals surface area (Å²) in [5.41, 5.74) is 7.85. The molecule has 0 aromatic heterocycles. The monoisotopic (exact) mass is 195 g/mol. The van der Waals surface area contributed by atoms with Crippen LogP contribution in [0.4, 0.5) is 5.69 Å². The van der Waals surface area contributed by atoms with Gasteiger partial charge in [0.1, 0.15) is 0 Å². The smallest absolute Gasteiger partial charge is 0.161 e. The van der Waals surface area contributed by atoms with Crippen molar-refractivity contribution < 1.29 is 9.53 Å². The molecule has 1 aromatic carbocycles. The number of methoxy groups -OCH3 is 1. The normalized spacial score (nSPS) is 8.86. The maximum atomic E-state index is 10.9. The predicted molar refractivity (Wildman–Crippen MR) is 58.5 cm³/mol. The van der Waals surface area contributed by atoms with E-state index < -0.39 is 0 Å². The highest BCUT2D eigenvalue weighted by Gasteiger charge is 2.02. The van der Waals surface area contributed by atoms with Crippen LogP contribution in [0.5, 0.6) is 0 Å². The van der Waals surface area contributed by atoms with E-state index in [-0.39, 0.29) is 5.78 Å². The van der Waals surface area contributed by atoms with E-state index in [1.165, 1.54) is 6.92 Å². The minimum absolute atomic E-state index is 0.0162. The number of hydrogen-bond acceptors (Lipinski definition) is 3. The number of carbonyl (C=O) groups excluding carboxylic acids is 1. The zero-order valence-corrected chi connectivity index (χ0v) is 9.13. The van der Waals surface area contributed by atoms with Crippen molar-refractivity contribution in [2.75, 3.05) is 20.0 Å². The summed E-state index contributed by atoms with van der Waals surface area (Å²) in [6.07, 6.45) is 0. The topological polar surface area (TPSA) is 52.3 Å². The molecule has 0 fully saturated rings. The average molecular weight is 195 g/mol. The van der Waals surface area contributed by atoms with Crippen LogP contribution in [0.3, 0.4) is 0 Å². The first-order chi connectivity index (χ1) is 6.52. The van der Waals surface area contributed by atoms with Gasteiger partial charge in [-0.1, -0.05) is 6.07 Å². The Bertz CT molecular complexity index is 308. The molecule has 0 amide bonds. The van der Waals surface area contributed by atoms with Gasteiger partial charge in [-0.2, -0.15) is 0 Å². The summed E-state index contributed by atoms with van der Waals surface area (Å²) >= 11 is 0. The van der Waals surface area contributed by atoms with Crippen molar-refractivity contribution in [3.63, 3.8) is 0 Å². The Balaban J connectivity index is 0.000000500. The summed E-state index contributed by atoms with van der Waals surface area (Å²) < 4.78 is 4.25. The molecule has 0 aliphatic rings. The second kappa shape index (κ2) is 6.16. The summed E-state index contributed by atoms with van der Waals surface area (Å²) in [7, 11) is 3.25. The number of nitrogen functional groups attached to an aromatic ring is 1. The van der Waals surface area contributed by atoms with Crippen LogP contribution in [-0.4, -0.2) is 20.0 Å². The van der Waals surface area contributed by atoms with Crippen molar-refractivity contribution in [2.45, 2.75) is 13.8 Å². The van der Waals surface area contributed by atoms with Crippen LogP contribution in [0.2, 0.25) is 0 Å². The number of benzene rings is 1. The standard InChI is InChI=1S/C9H11NO.C2H6O/c1-6-3-4-8(7(2)11)9(10)5-6;1-3-2/h3-5H,10H2,1-2H3;1-2H3. The third-order valence-electron chi connectivity index (χ3n) is 1.59. The van der Waals surface area contributed by atoms with Crippen molar-refractivity contribution in [3.8, 4) is 0 Å². The first-order valence-corrected chi connectivity index (χ1v) is 4.30. The third-order valence-corrected chi connectivity index (χ3v) is 1.59. The van der Waals surface area contributed by atoms with Crippen LogP contribution in [-0.2, 0) is 4.74 Å². The van der Waals surface area contributed by atoms with Crippen molar-refractivity contribution in [2.24, 2.45) is 0 Å². The predicted octanol–water partition coefficient (Wildman–Crippen LogP) is 2.04. The molecule has 78 valence electrons. The Labute approximate surface area is 84.9 Å². The molecule has 0 unspecified atom stereocenters. The van der Waals surface area contributed by atoms with Crippen LogP contribution in [0, 0.1) is 6.92 Å². The minimum Gasteiger partial charge on any atom is -0.398 e. The van der Waals surface area contributed by atoms with E-state index in [1.54, 1.807) is 26.4 Å². The molecule has 0 bridgehead atoms. The summed E-state index contributed by atoms with van der Waals surface area (Å²) in [4.78, 5) is 10.9. The lowest BCUT2D eigenvalue weighted by Gasteiger charge is -2.01. The lowest BCUT2D eigenvalue weighted by atomic mass is 10.1. The van der Waals surface area contributed by atoms with E-state index >= 15 is 0 Å². The van der Waals surface area contributed by atoms with Crippen molar-refractivity contribution in [1.29, 1.82) is 0 Å². The Hall–Kier alpha value is -1.35. The number of rotatable bonds is 1. The number of anilines is 1. The van der Waals surface area contributed by atoms with Gasteiger partial charge in [-0.15, -0.1) is 0 Å². The van der Waals surface area contributed by atoms with Crippen LogP contribution in [0.25, 0.3) is 0 Å². The summed E-state index contributed by atoms with van der Waals surface area (Å²) in [6, 6.07) is 5.44. The van der Waals surface area contributed by atoms with E-state index in [9.17, 15) is 4.79 Å². The molecule has 0 atom stereocenters. The Morgan fingerprint density at radius 1 is 1.36 bits per heavy atom. The van der Waals surface area contributed by atoms with E-state index in [0.717, 1.165) is 5.56 Å². The Kier molecular flexibility index (Phi) is 5.56. The molecule has 0 saturated heterocycles. The highest BCUT2D eigenvalue weighted by atomic mass is 16.4. The van der Waals surface area contributed by atoms with Gasteiger partial charge in [-0.05, 0) is 31.5 Å². The second-order valence-electron chi connectivity index (χ2n) is 3.06. The number of ether oxygens (including phenoxy) is 1. The fraction of sp³-hybridized carbons (Fsp3) is 0.364. The van der Waals surface area contributed by atoms with Crippen molar-refractivity contribution >= 4 is 11.5 Å². The summed E-state index contributed by atoms with van der Waals surface area (Å²) in [5, 5.41) is 0. The molecular weight excluding hydrogens is 178 g/mol. The molecule has 0 radical (unpaired) electrons. The van der Waals surface area contributed by atoms with Gasteiger partial charge in [0.05, 0.1) is 0 Å². The molecule has 0 saturated carbocycles. The molecule has 2 N–H and O–H groups in total. The highest BCUT2D eigenvalue weighted by Crippen LogP contribution is 2.13. The number of hydrogen-bond donors (Lipinski definition) is 1. The van der Waals surface area contributed by atoms with E-state index in [1.807, 2.05) is 13.0 Å². The molecule has 14 heavy (non-hydrogen) atoms. The van der Waals surface area contributed by atoms with Gasteiger partial charge < -0.3 is 10.5 Å². The largest absolute Gasteiger partial charge is 0.398 e. The molecule has 0 aliphatic carbocycles. The lowest BCUT2D eigenvalue weighted by Crippen LogP contribution is -1.99. The van der Waals surface area contributed by atoms with Crippen molar-refractivity contribution in [1.82, 2.24) is 0 Å². The van der Waals surface area contributed by atoms with E-state index in [2.05, 4.69) is 4.74 Å². The Morgan fingerprint density at radius 2 is 1.86 bits per heavy atom. The van der Waals surface area contributed by atoms with Gasteiger partial charge in [0, 0.05) is 25.5 Å². The second-order valence-corrected chi connectivity index (χ2v) is 3.06. The zero-order valence-electron chi connectivity index (χ0n) is 9.13. The fourth-order valence-electron chi connectivity index (χ4n) is 1.00.